The molecule has 2 heterocycles. The van der Waals surface area contributed by atoms with Gasteiger partial charge in [0, 0.05) is 18.9 Å². The number of carbonyl (C=O) groups excluding carboxylic acids is 1. The highest BCUT2D eigenvalue weighted by atomic mass is 16.3. The van der Waals surface area contributed by atoms with E-state index in [0.717, 1.165) is 37.0 Å². The van der Waals surface area contributed by atoms with Crippen LogP contribution in [0.3, 0.4) is 0 Å². The van der Waals surface area contributed by atoms with Crippen LogP contribution in [0.1, 0.15) is 60.0 Å². The number of aliphatic hydroxyl groups is 1. The summed E-state index contributed by atoms with van der Waals surface area (Å²) in [5.74, 6) is -0.770. The summed E-state index contributed by atoms with van der Waals surface area (Å²) in [6, 6.07) is 8.55. The topological polar surface area (TPSA) is 95.7 Å². The molecule has 4 rings (SSSR count). The maximum atomic E-state index is 12.6. The number of hydrogen-bond acceptors (Lipinski definition) is 5. The van der Waals surface area contributed by atoms with Gasteiger partial charge in [-0.2, -0.15) is 4.98 Å². The number of fused-ring (bicyclic) bond motifs is 1. The van der Waals surface area contributed by atoms with Crippen molar-refractivity contribution in [2.45, 2.75) is 63.6 Å². The van der Waals surface area contributed by atoms with Crippen molar-refractivity contribution in [3.63, 3.8) is 0 Å². The molecule has 7 nitrogen and oxygen atoms in total. The molecule has 154 valence electrons. The largest absolute Gasteiger partial charge is 0.501 e. The van der Waals surface area contributed by atoms with Crippen LogP contribution in [-0.4, -0.2) is 43.8 Å². The number of benzene rings is 1. The number of nitrogens with zero attached hydrogens (tertiary/aromatic N) is 3. The van der Waals surface area contributed by atoms with Gasteiger partial charge in [-0.1, -0.05) is 44.0 Å². The van der Waals surface area contributed by atoms with Gasteiger partial charge in [0.25, 0.3) is 5.91 Å². The number of aryl methyl sites for hydroxylation is 1. The lowest BCUT2D eigenvalue weighted by molar-refractivity contribution is -0.00134. The number of aromatic hydroxyl groups is 1. The second-order valence-corrected chi connectivity index (χ2v) is 8.26. The SMILES string of the molecule is CCc1cccc(C2(Cc3nc(=O)c(O)c4n3C[C@@H](O)N(C)C4=O)CCCC2)c1. The highest BCUT2D eigenvalue weighted by Gasteiger charge is 2.40. The molecule has 1 aromatic heterocycles. The summed E-state index contributed by atoms with van der Waals surface area (Å²) >= 11 is 0. The fourth-order valence-electron chi connectivity index (χ4n) is 4.77. The monoisotopic (exact) mass is 397 g/mol. The van der Waals surface area contributed by atoms with E-state index in [2.05, 4.69) is 36.2 Å². The molecule has 1 fully saturated rings. The number of aromatic nitrogens is 2. The second-order valence-electron chi connectivity index (χ2n) is 8.26. The van der Waals surface area contributed by atoms with Crippen LogP contribution < -0.4 is 5.56 Å². The van der Waals surface area contributed by atoms with Gasteiger partial charge in [0.15, 0.2) is 5.69 Å². The highest BCUT2D eigenvalue weighted by molar-refractivity contribution is 5.95. The van der Waals surface area contributed by atoms with Crippen LogP contribution >= 0.6 is 0 Å². The Bertz CT molecular complexity index is 1010. The summed E-state index contributed by atoms with van der Waals surface area (Å²) in [4.78, 5) is 30.3. The molecular weight excluding hydrogens is 370 g/mol. The van der Waals surface area contributed by atoms with Gasteiger partial charge in [-0.25, -0.2) is 0 Å². The molecule has 29 heavy (non-hydrogen) atoms. The van der Waals surface area contributed by atoms with Crippen LogP contribution in [-0.2, 0) is 24.8 Å². The van der Waals surface area contributed by atoms with Crippen molar-refractivity contribution in [3.8, 4) is 5.75 Å². The van der Waals surface area contributed by atoms with Crippen LogP contribution in [0.2, 0.25) is 0 Å². The number of rotatable bonds is 4. The van der Waals surface area contributed by atoms with Gasteiger partial charge < -0.3 is 19.7 Å². The maximum absolute atomic E-state index is 12.6. The summed E-state index contributed by atoms with van der Waals surface area (Å²) < 4.78 is 1.54. The Labute approximate surface area is 169 Å². The van der Waals surface area contributed by atoms with E-state index in [1.54, 1.807) is 0 Å². The Balaban J connectivity index is 1.83. The number of aliphatic hydroxyl groups excluding tert-OH is 1. The molecule has 1 aliphatic heterocycles. The molecular formula is C22H27N3O4. The fourth-order valence-corrected chi connectivity index (χ4v) is 4.77. The summed E-state index contributed by atoms with van der Waals surface area (Å²) in [5, 5.41) is 20.5. The predicted molar refractivity (Wildman–Crippen MR) is 108 cm³/mol. The Morgan fingerprint density at radius 2 is 1.97 bits per heavy atom. The Morgan fingerprint density at radius 3 is 2.66 bits per heavy atom. The lowest BCUT2D eigenvalue weighted by Crippen LogP contribution is -2.48. The van der Waals surface area contributed by atoms with Gasteiger partial charge in [-0.05, 0) is 30.4 Å². The molecule has 1 atom stereocenters. The predicted octanol–water partition coefficient (Wildman–Crippen LogP) is 1.97. The molecule has 0 bridgehead atoms. The third-order valence-corrected chi connectivity index (χ3v) is 6.56. The summed E-state index contributed by atoms with van der Waals surface area (Å²) in [6.45, 7) is 2.21. The third-order valence-electron chi connectivity index (χ3n) is 6.56. The first-order chi connectivity index (χ1) is 13.9. The molecule has 0 saturated heterocycles. The zero-order chi connectivity index (χ0) is 20.8. The van der Waals surface area contributed by atoms with E-state index >= 15 is 0 Å². The van der Waals surface area contributed by atoms with Gasteiger partial charge in [0.1, 0.15) is 12.1 Å². The first-order valence-corrected chi connectivity index (χ1v) is 10.2. The number of likely N-dealkylation sites (N-methyl/N-ethyl adjacent to an activating group) is 1. The molecule has 1 amide bonds. The van der Waals surface area contributed by atoms with E-state index in [0.29, 0.717) is 12.2 Å². The molecule has 0 unspecified atom stereocenters. The smallest absolute Gasteiger partial charge is 0.315 e. The van der Waals surface area contributed by atoms with Crippen molar-refractivity contribution in [2.24, 2.45) is 0 Å². The van der Waals surface area contributed by atoms with Crippen LogP contribution in [0.5, 0.6) is 5.75 Å². The quantitative estimate of drug-likeness (QED) is 0.822. The van der Waals surface area contributed by atoms with E-state index in [1.165, 1.54) is 22.7 Å². The molecule has 1 saturated carbocycles. The molecule has 1 aliphatic carbocycles. The average molecular weight is 397 g/mol. The summed E-state index contributed by atoms with van der Waals surface area (Å²) in [6.07, 6.45) is 4.55. The van der Waals surface area contributed by atoms with E-state index < -0.39 is 23.4 Å². The zero-order valence-electron chi connectivity index (χ0n) is 16.9. The van der Waals surface area contributed by atoms with E-state index in [9.17, 15) is 19.8 Å². The zero-order valence-corrected chi connectivity index (χ0v) is 16.9. The van der Waals surface area contributed by atoms with Gasteiger partial charge in [0.2, 0.25) is 5.75 Å². The van der Waals surface area contributed by atoms with Gasteiger partial charge in [-0.15, -0.1) is 0 Å². The van der Waals surface area contributed by atoms with E-state index in [-0.39, 0.29) is 17.7 Å². The van der Waals surface area contributed by atoms with Crippen molar-refractivity contribution < 1.29 is 15.0 Å². The van der Waals surface area contributed by atoms with Gasteiger partial charge in [0.05, 0.1) is 6.54 Å². The van der Waals surface area contributed by atoms with E-state index in [1.807, 2.05) is 0 Å². The minimum absolute atomic E-state index is 0.0803. The van der Waals surface area contributed by atoms with Crippen molar-refractivity contribution >= 4 is 5.91 Å². The Hall–Kier alpha value is -2.67. The van der Waals surface area contributed by atoms with Crippen molar-refractivity contribution in [1.82, 2.24) is 14.5 Å². The molecule has 0 spiro atoms. The molecule has 0 radical (unpaired) electrons. The summed E-state index contributed by atoms with van der Waals surface area (Å²) in [5.41, 5.74) is 1.45. The number of carbonyl (C=O) groups is 1. The van der Waals surface area contributed by atoms with Crippen molar-refractivity contribution in [3.05, 3.63) is 57.3 Å². The summed E-state index contributed by atoms with van der Waals surface area (Å²) in [7, 11) is 1.45. The van der Waals surface area contributed by atoms with Crippen molar-refractivity contribution in [1.29, 1.82) is 0 Å². The van der Waals surface area contributed by atoms with Crippen LogP contribution in [0.15, 0.2) is 29.1 Å². The lowest BCUT2D eigenvalue weighted by Gasteiger charge is -2.35. The molecule has 7 heteroatoms. The Morgan fingerprint density at radius 1 is 1.24 bits per heavy atom. The molecule has 2 aromatic rings. The van der Waals surface area contributed by atoms with Gasteiger partial charge in [-0.3, -0.25) is 9.59 Å². The lowest BCUT2D eigenvalue weighted by atomic mass is 9.75. The van der Waals surface area contributed by atoms with Crippen LogP contribution in [0, 0.1) is 0 Å². The first kappa shape index (κ1) is 19.6. The van der Waals surface area contributed by atoms with Crippen LogP contribution in [0.4, 0.5) is 0 Å². The number of amides is 1. The Kier molecular flexibility index (Phi) is 4.94. The minimum Gasteiger partial charge on any atom is -0.501 e. The second kappa shape index (κ2) is 7.30. The maximum Gasteiger partial charge on any atom is 0.315 e. The highest BCUT2D eigenvalue weighted by Crippen LogP contribution is 2.44. The molecule has 1 aromatic carbocycles. The van der Waals surface area contributed by atoms with Crippen molar-refractivity contribution in [2.75, 3.05) is 7.05 Å². The molecule has 2 aliphatic rings. The minimum atomic E-state index is -1.03. The standard InChI is InChI=1S/C22H27N3O4/c1-3-14-7-6-8-15(11-14)22(9-4-5-10-22)12-16-23-20(28)19(27)18-21(29)24(2)17(26)13-25(16)18/h6-8,11,17,26-27H,3-5,9-10,12-13H2,1-2H3/t17-/m1/s1. The fraction of sp³-hybridized carbons (Fsp3) is 0.500. The first-order valence-electron chi connectivity index (χ1n) is 10.2. The normalized spacial score (nSPS) is 20.7. The van der Waals surface area contributed by atoms with Crippen LogP contribution in [0.25, 0.3) is 0 Å². The van der Waals surface area contributed by atoms with E-state index in [4.69, 9.17) is 0 Å². The average Bonchev–Trinajstić information content (AvgIpc) is 3.19. The number of hydrogen-bond donors (Lipinski definition) is 2. The van der Waals surface area contributed by atoms with Gasteiger partial charge >= 0.3 is 5.56 Å². The molecule has 2 N–H and O–H groups in total. The third kappa shape index (κ3) is 3.23.